The van der Waals surface area contributed by atoms with Gasteiger partial charge in [0.05, 0.1) is 10.5 Å². The van der Waals surface area contributed by atoms with Crippen molar-refractivity contribution in [1.29, 1.82) is 0 Å². The van der Waals surface area contributed by atoms with Crippen LogP contribution in [-0.2, 0) is 0 Å². The molecule has 8 heteroatoms. The lowest BCUT2D eigenvalue weighted by molar-refractivity contribution is -0.384. The molecule has 3 rings (SSSR count). The zero-order chi connectivity index (χ0) is 18.5. The fraction of sp³-hybridized carbons (Fsp3) is 0. The molecule has 26 heavy (non-hydrogen) atoms. The Labute approximate surface area is 151 Å². The van der Waals surface area contributed by atoms with E-state index in [9.17, 15) is 19.7 Å². The van der Waals surface area contributed by atoms with Crippen LogP contribution in [0.15, 0.2) is 66.0 Å². The van der Waals surface area contributed by atoms with Gasteiger partial charge in [-0.25, -0.2) is 9.59 Å². The van der Waals surface area contributed by atoms with Crippen LogP contribution in [0.3, 0.4) is 0 Å². The Morgan fingerprint density at radius 1 is 0.885 bits per heavy atom. The van der Waals surface area contributed by atoms with E-state index in [-0.39, 0.29) is 22.7 Å². The van der Waals surface area contributed by atoms with Gasteiger partial charge < -0.3 is 9.47 Å². The average molecular weight is 369 g/mol. The minimum absolute atomic E-state index is 0.121. The van der Waals surface area contributed by atoms with E-state index in [2.05, 4.69) is 0 Å². The smallest absolute Gasteiger partial charge is 0.353 e. The molecule has 0 unspecified atom stereocenters. The first-order valence-electron chi connectivity index (χ1n) is 7.35. The number of rotatable bonds is 5. The third-order valence-corrected chi connectivity index (χ3v) is 4.11. The maximum Gasteiger partial charge on any atom is 0.353 e. The molecule has 0 fully saturated rings. The van der Waals surface area contributed by atoms with E-state index in [4.69, 9.17) is 9.47 Å². The maximum absolute atomic E-state index is 12.1. The van der Waals surface area contributed by atoms with Crippen molar-refractivity contribution in [2.75, 3.05) is 0 Å². The molecule has 0 N–H and O–H groups in total. The highest BCUT2D eigenvalue weighted by Gasteiger charge is 2.13. The molecule has 0 amide bonds. The monoisotopic (exact) mass is 369 g/mol. The molecular weight excluding hydrogens is 358 g/mol. The number of non-ortho nitro benzene ring substituents is 1. The second-order valence-electron chi connectivity index (χ2n) is 5.04. The van der Waals surface area contributed by atoms with Gasteiger partial charge in [-0.3, -0.25) is 10.1 Å². The summed E-state index contributed by atoms with van der Waals surface area (Å²) in [5, 5.41) is 12.4. The molecule has 0 aliphatic carbocycles. The normalized spacial score (nSPS) is 10.2. The van der Waals surface area contributed by atoms with Crippen LogP contribution in [0.5, 0.6) is 11.5 Å². The van der Waals surface area contributed by atoms with Gasteiger partial charge in [-0.15, -0.1) is 11.3 Å². The number of nitrogens with zero attached hydrogens (tertiary/aromatic N) is 1. The Kier molecular flexibility index (Phi) is 5.04. The molecule has 0 radical (unpaired) electrons. The van der Waals surface area contributed by atoms with Crippen LogP contribution in [0.2, 0.25) is 0 Å². The predicted octanol–water partition coefficient (Wildman–Crippen LogP) is 4.09. The van der Waals surface area contributed by atoms with Gasteiger partial charge in [-0.1, -0.05) is 12.1 Å². The lowest BCUT2D eigenvalue weighted by Gasteiger charge is -2.07. The lowest BCUT2D eigenvalue weighted by atomic mass is 10.2. The van der Waals surface area contributed by atoms with Crippen molar-refractivity contribution in [1.82, 2.24) is 0 Å². The van der Waals surface area contributed by atoms with Gasteiger partial charge in [0.15, 0.2) is 0 Å². The van der Waals surface area contributed by atoms with Crippen molar-refractivity contribution in [2.24, 2.45) is 0 Å². The van der Waals surface area contributed by atoms with Gasteiger partial charge >= 0.3 is 11.9 Å². The van der Waals surface area contributed by atoms with Crippen LogP contribution < -0.4 is 9.47 Å². The van der Waals surface area contributed by atoms with Crippen molar-refractivity contribution in [3.8, 4) is 11.5 Å². The number of carbonyl (C=O) groups excluding carboxylic acids is 2. The number of nitro benzene ring substituents is 1. The molecule has 0 atom stereocenters. The molecule has 1 heterocycles. The number of thiophene rings is 1. The third-order valence-electron chi connectivity index (χ3n) is 3.26. The lowest BCUT2D eigenvalue weighted by Crippen LogP contribution is -2.09. The van der Waals surface area contributed by atoms with Crippen molar-refractivity contribution < 1.29 is 24.0 Å². The van der Waals surface area contributed by atoms with E-state index in [1.807, 2.05) is 0 Å². The minimum Gasteiger partial charge on any atom is -0.423 e. The standard InChI is InChI=1S/C18H11NO6S/c20-17(12-6-8-13(9-7-12)19(22)23)24-14-3-1-4-15(11-14)25-18(21)16-5-2-10-26-16/h1-11H. The Morgan fingerprint density at radius 3 is 2.12 bits per heavy atom. The molecule has 130 valence electrons. The first-order valence-corrected chi connectivity index (χ1v) is 8.23. The summed E-state index contributed by atoms with van der Waals surface area (Å²) in [4.78, 5) is 34.6. The molecule has 7 nitrogen and oxygen atoms in total. The number of hydrogen-bond acceptors (Lipinski definition) is 7. The van der Waals surface area contributed by atoms with Crippen molar-refractivity contribution in [2.45, 2.75) is 0 Å². The number of carbonyl (C=O) groups is 2. The maximum atomic E-state index is 12.1. The van der Waals surface area contributed by atoms with Crippen molar-refractivity contribution in [3.63, 3.8) is 0 Å². The Morgan fingerprint density at radius 2 is 1.54 bits per heavy atom. The number of esters is 2. The van der Waals surface area contributed by atoms with E-state index in [1.54, 1.807) is 29.6 Å². The van der Waals surface area contributed by atoms with Crippen LogP contribution in [0.25, 0.3) is 0 Å². The molecular formula is C18H11NO6S. The summed E-state index contributed by atoms with van der Waals surface area (Å²) in [6, 6.07) is 14.5. The Balaban J connectivity index is 1.69. The summed E-state index contributed by atoms with van der Waals surface area (Å²) in [5.74, 6) is -0.761. The fourth-order valence-corrected chi connectivity index (χ4v) is 2.64. The van der Waals surface area contributed by atoms with Crippen LogP contribution in [-0.4, -0.2) is 16.9 Å². The van der Waals surface area contributed by atoms with Gasteiger partial charge in [0.25, 0.3) is 5.69 Å². The summed E-state index contributed by atoms with van der Waals surface area (Å²) >= 11 is 1.26. The first-order chi connectivity index (χ1) is 12.5. The number of nitro groups is 1. The molecule has 2 aromatic carbocycles. The summed E-state index contributed by atoms with van der Waals surface area (Å²) < 4.78 is 10.5. The van der Waals surface area contributed by atoms with Crippen LogP contribution in [0, 0.1) is 10.1 Å². The summed E-state index contributed by atoms with van der Waals surface area (Å²) in [6.07, 6.45) is 0. The van der Waals surface area contributed by atoms with Crippen LogP contribution in [0.1, 0.15) is 20.0 Å². The molecule has 0 saturated heterocycles. The van der Waals surface area contributed by atoms with Crippen molar-refractivity contribution >= 4 is 29.0 Å². The molecule has 0 aliphatic heterocycles. The van der Waals surface area contributed by atoms with E-state index in [1.165, 1.54) is 47.7 Å². The number of benzene rings is 2. The van der Waals surface area contributed by atoms with E-state index in [0.29, 0.717) is 4.88 Å². The Bertz CT molecular complexity index is 950. The molecule has 0 spiro atoms. The van der Waals surface area contributed by atoms with Gasteiger partial charge in [-0.2, -0.15) is 0 Å². The molecule has 0 bridgehead atoms. The highest BCUT2D eigenvalue weighted by Crippen LogP contribution is 2.22. The second kappa shape index (κ2) is 7.58. The molecule has 0 saturated carbocycles. The number of hydrogen-bond donors (Lipinski definition) is 0. The predicted molar refractivity (Wildman–Crippen MR) is 93.8 cm³/mol. The van der Waals surface area contributed by atoms with E-state index in [0.717, 1.165) is 0 Å². The number of ether oxygens (including phenoxy) is 2. The second-order valence-corrected chi connectivity index (χ2v) is 5.98. The highest BCUT2D eigenvalue weighted by molar-refractivity contribution is 7.12. The van der Waals surface area contributed by atoms with Crippen LogP contribution >= 0.6 is 11.3 Å². The van der Waals surface area contributed by atoms with E-state index < -0.39 is 16.9 Å². The summed E-state index contributed by atoms with van der Waals surface area (Å²) in [5.41, 5.74) is 0.0422. The molecule has 3 aromatic rings. The van der Waals surface area contributed by atoms with Crippen LogP contribution in [0.4, 0.5) is 5.69 Å². The van der Waals surface area contributed by atoms with E-state index >= 15 is 0 Å². The summed E-state index contributed by atoms with van der Waals surface area (Å²) in [7, 11) is 0. The van der Waals surface area contributed by atoms with Gasteiger partial charge in [-0.05, 0) is 35.7 Å². The van der Waals surface area contributed by atoms with Gasteiger partial charge in [0.2, 0.25) is 0 Å². The largest absolute Gasteiger partial charge is 0.423 e. The quantitative estimate of drug-likeness (QED) is 0.291. The average Bonchev–Trinajstić information content (AvgIpc) is 3.17. The topological polar surface area (TPSA) is 95.7 Å². The summed E-state index contributed by atoms with van der Waals surface area (Å²) in [6.45, 7) is 0. The third kappa shape index (κ3) is 4.11. The SMILES string of the molecule is O=C(Oc1cccc(OC(=O)c2cccs2)c1)c1ccc([N+](=O)[O-])cc1. The fourth-order valence-electron chi connectivity index (χ4n) is 2.04. The van der Waals surface area contributed by atoms with Gasteiger partial charge in [0.1, 0.15) is 16.4 Å². The van der Waals surface area contributed by atoms with Crippen molar-refractivity contribution in [3.05, 3.63) is 86.6 Å². The Hall–Kier alpha value is -3.52. The zero-order valence-electron chi connectivity index (χ0n) is 13.2. The molecule has 0 aliphatic rings. The molecule has 1 aromatic heterocycles. The first kappa shape index (κ1) is 17.3. The van der Waals surface area contributed by atoms with Gasteiger partial charge in [0, 0.05) is 18.2 Å². The minimum atomic E-state index is -0.679. The zero-order valence-corrected chi connectivity index (χ0v) is 14.0. The highest BCUT2D eigenvalue weighted by atomic mass is 32.1.